The first kappa shape index (κ1) is 23.5. The van der Waals surface area contributed by atoms with Gasteiger partial charge in [0.2, 0.25) is 5.91 Å². The van der Waals surface area contributed by atoms with Crippen LogP contribution in [0.4, 0.5) is 26.2 Å². The lowest BCUT2D eigenvalue weighted by Crippen LogP contribution is -2.37. The maximum atomic E-state index is 13.5. The fourth-order valence-electron chi connectivity index (χ4n) is 3.57. The summed E-state index contributed by atoms with van der Waals surface area (Å²) in [6.45, 7) is 1.00. The van der Waals surface area contributed by atoms with E-state index in [0.29, 0.717) is 31.1 Å². The second-order valence-corrected chi connectivity index (χ2v) is 8.21. The molecule has 0 atom stereocenters. The molecule has 1 aliphatic carbocycles. The first-order valence-electron chi connectivity index (χ1n) is 10.8. The molecule has 7 nitrogen and oxygen atoms in total. The van der Waals surface area contributed by atoms with Crippen molar-refractivity contribution in [3.8, 4) is 0 Å². The molecule has 0 radical (unpaired) electrons. The van der Waals surface area contributed by atoms with Crippen LogP contribution in [-0.2, 0) is 16.1 Å². The zero-order valence-electron chi connectivity index (χ0n) is 18.9. The molecule has 2 N–H and O–H groups in total. The van der Waals surface area contributed by atoms with E-state index in [2.05, 4.69) is 10.6 Å². The van der Waals surface area contributed by atoms with Gasteiger partial charge in [-0.2, -0.15) is 0 Å². The molecule has 0 saturated heterocycles. The minimum absolute atomic E-state index is 0.0416. The van der Waals surface area contributed by atoms with Crippen molar-refractivity contribution >= 4 is 29.0 Å². The average molecular weight is 443 g/mol. The Balaban J connectivity index is 1.80. The molecule has 8 heteroatoms. The standard InChI is InChI=1S/C24H31FN4O3/c1-28(2)22-11-10-21(26-23(30)17-6-4-7-17)14-18(22)16-29(12-13-32-3)24(31)27-20-9-5-8-19(25)15-20/h5,8-11,14-15,17H,4,6-7,12-13,16H2,1-3H3,(H,26,30)(H,27,31). The Morgan fingerprint density at radius 3 is 2.47 bits per heavy atom. The van der Waals surface area contributed by atoms with Gasteiger partial charge in [0.15, 0.2) is 0 Å². The van der Waals surface area contributed by atoms with Gasteiger partial charge in [-0.15, -0.1) is 0 Å². The van der Waals surface area contributed by atoms with E-state index in [-0.39, 0.29) is 17.9 Å². The van der Waals surface area contributed by atoms with Crippen LogP contribution in [0.15, 0.2) is 42.5 Å². The van der Waals surface area contributed by atoms with Gasteiger partial charge in [0.05, 0.1) is 6.61 Å². The number of anilines is 3. The normalized spacial score (nSPS) is 13.2. The molecule has 0 aromatic heterocycles. The molecule has 2 aromatic rings. The number of carbonyl (C=O) groups is 2. The maximum absolute atomic E-state index is 13.5. The van der Waals surface area contributed by atoms with Crippen LogP contribution in [0.3, 0.4) is 0 Å². The summed E-state index contributed by atoms with van der Waals surface area (Å²) in [6.07, 6.45) is 2.96. The molecular formula is C24H31FN4O3. The highest BCUT2D eigenvalue weighted by molar-refractivity contribution is 5.93. The third-order valence-electron chi connectivity index (χ3n) is 5.59. The zero-order valence-corrected chi connectivity index (χ0v) is 18.9. The first-order valence-corrected chi connectivity index (χ1v) is 10.8. The number of halogens is 1. The summed E-state index contributed by atoms with van der Waals surface area (Å²) in [5.74, 6) is -0.293. The Bertz CT molecular complexity index is 947. The highest BCUT2D eigenvalue weighted by atomic mass is 19.1. The summed E-state index contributed by atoms with van der Waals surface area (Å²) in [5, 5.41) is 5.74. The van der Waals surface area contributed by atoms with E-state index < -0.39 is 5.82 Å². The number of methoxy groups -OCH3 is 1. The first-order chi connectivity index (χ1) is 15.4. The van der Waals surface area contributed by atoms with E-state index in [9.17, 15) is 14.0 Å². The Kier molecular flexibility index (Phi) is 8.05. The summed E-state index contributed by atoms with van der Waals surface area (Å²) in [5.41, 5.74) is 2.91. The third-order valence-corrected chi connectivity index (χ3v) is 5.59. The monoisotopic (exact) mass is 442 g/mol. The van der Waals surface area contributed by atoms with Crippen molar-refractivity contribution in [1.29, 1.82) is 0 Å². The van der Waals surface area contributed by atoms with Gasteiger partial charge < -0.3 is 25.2 Å². The van der Waals surface area contributed by atoms with Crippen molar-refractivity contribution in [2.45, 2.75) is 25.8 Å². The number of nitrogens with zero attached hydrogens (tertiary/aromatic N) is 2. The van der Waals surface area contributed by atoms with Crippen LogP contribution in [0.2, 0.25) is 0 Å². The van der Waals surface area contributed by atoms with Crippen LogP contribution < -0.4 is 15.5 Å². The van der Waals surface area contributed by atoms with E-state index in [0.717, 1.165) is 30.5 Å². The summed E-state index contributed by atoms with van der Waals surface area (Å²) in [7, 11) is 5.43. The highest BCUT2D eigenvalue weighted by Gasteiger charge is 2.25. The smallest absolute Gasteiger partial charge is 0.322 e. The minimum atomic E-state index is -0.420. The zero-order chi connectivity index (χ0) is 23.1. The number of amides is 3. The molecule has 2 aromatic carbocycles. The van der Waals surface area contributed by atoms with Crippen molar-refractivity contribution in [3.63, 3.8) is 0 Å². The molecule has 3 rings (SSSR count). The number of benzene rings is 2. The topological polar surface area (TPSA) is 73.9 Å². The summed E-state index contributed by atoms with van der Waals surface area (Å²) >= 11 is 0. The van der Waals surface area contributed by atoms with Gasteiger partial charge >= 0.3 is 6.03 Å². The summed E-state index contributed by atoms with van der Waals surface area (Å²) < 4.78 is 18.7. The van der Waals surface area contributed by atoms with Crippen molar-refractivity contribution in [3.05, 3.63) is 53.8 Å². The van der Waals surface area contributed by atoms with Crippen LogP contribution in [0, 0.1) is 11.7 Å². The lowest BCUT2D eigenvalue weighted by Gasteiger charge is -2.27. The van der Waals surface area contributed by atoms with Crippen molar-refractivity contribution in [1.82, 2.24) is 4.90 Å². The quantitative estimate of drug-likeness (QED) is 0.607. The van der Waals surface area contributed by atoms with Crippen LogP contribution in [-0.4, -0.2) is 51.2 Å². The predicted octanol–water partition coefficient (Wildman–Crippen LogP) is 4.31. The Morgan fingerprint density at radius 2 is 1.84 bits per heavy atom. The number of urea groups is 1. The fraction of sp³-hybridized carbons (Fsp3) is 0.417. The number of hydrogen-bond acceptors (Lipinski definition) is 4. The van der Waals surface area contributed by atoms with Crippen LogP contribution >= 0.6 is 0 Å². The molecule has 3 amide bonds. The lowest BCUT2D eigenvalue weighted by molar-refractivity contribution is -0.122. The molecule has 0 spiro atoms. The molecule has 32 heavy (non-hydrogen) atoms. The predicted molar refractivity (Wildman–Crippen MR) is 124 cm³/mol. The van der Waals surface area contributed by atoms with Crippen molar-refractivity contribution in [2.24, 2.45) is 5.92 Å². The van der Waals surface area contributed by atoms with Gasteiger partial charge in [0, 0.05) is 57.3 Å². The summed E-state index contributed by atoms with van der Waals surface area (Å²) in [6, 6.07) is 11.1. The van der Waals surface area contributed by atoms with E-state index in [4.69, 9.17) is 4.74 Å². The number of hydrogen-bond donors (Lipinski definition) is 2. The van der Waals surface area contributed by atoms with E-state index in [1.807, 2.05) is 37.2 Å². The van der Waals surface area contributed by atoms with Crippen LogP contribution in [0.25, 0.3) is 0 Å². The van der Waals surface area contributed by atoms with Gasteiger partial charge in [-0.25, -0.2) is 9.18 Å². The SMILES string of the molecule is COCCN(Cc1cc(NC(=O)C2CCC2)ccc1N(C)C)C(=O)Nc1cccc(F)c1. The van der Waals surface area contributed by atoms with E-state index in [1.54, 1.807) is 24.1 Å². The number of rotatable bonds is 9. The minimum Gasteiger partial charge on any atom is -0.383 e. The van der Waals surface area contributed by atoms with Crippen LogP contribution in [0.5, 0.6) is 0 Å². The van der Waals surface area contributed by atoms with Crippen LogP contribution in [0.1, 0.15) is 24.8 Å². The molecule has 0 heterocycles. The Hall–Kier alpha value is -3.13. The molecule has 1 fully saturated rings. The van der Waals surface area contributed by atoms with Gasteiger partial charge in [-0.1, -0.05) is 12.5 Å². The van der Waals surface area contributed by atoms with E-state index >= 15 is 0 Å². The molecule has 172 valence electrons. The molecule has 0 bridgehead atoms. The maximum Gasteiger partial charge on any atom is 0.322 e. The Labute approximate surface area is 188 Å². The van der Waals surface area contributed by atoms with Crippen molar-refractivity contribution < 1.29 is 18.7 Å². The van der Waals surface area contributed by atoms with Gasteiger partial charge in [0.25, 0.3) is 0 Å². The Morgan fingerprint density at radius 1 is 1.09 bits per heavy atom. The van der Waals surface area contributed by atoms with E-state index in [1.165, 1.54) is 12.1 Å². The van der Waals surface area contributed by atoms with Gasteiger partial charge in [-0.3, -0.25) is 4.79 Å². The molecule has 1 saturated carbocycles. The fourth-order valence-corrected chi connectivity index (χ4v) is 3.57. The summed E-state index contributed by atoms with van der Waals surface area (Å²) in [4.78, 5) is 28.9. The number of ether oxygens (including phenoxy) is 1. The number of nitrogens with one attached hydrogen (secondary N) is 2. The lowest BCUT2D eigenvalue weighted by atomic mass is 9.85. The molecule has 0 aliphatic heterocycles. The van der Waals surface area contributed by atoms with Gasteiger partial charge in [-0.05, 0) is 54.8 Å². The second kappa shape index (κ2) is 10.9. The molecule has 0 unspecified atom stereocenters. The van der Waals surface area contributed by atoms with Crippen molar-refractivity contribution in [2.75, 3.05) is 49.9 Å². The highest BCUT2D eigenvalue weighted by Crippen LogP contribution is 2.29. The number of carbonyl (C=O) groups excluding carboxylic acids is 2. The van der Waals surface area contributed by atoms with Gasteiger partial charge in [0.1, 0.15) is 5.82 Å². The molecular weight excluding hydrogens is 411 g/mol. The third kappa shape index (κ3) is 6.20. The largest absolute Gasteiger partial charge is 0.383 e. The molecule has 1 aliphatic rings. The average Bonchev–Trinajstić information content (AvgIpc) is 2.69. The second-order valence-electron chi connectivity index (χ2n) is 8.21.